The molecule has 0 bridgehead atoms. The summed E-state index contributed by atoms with van der Waals surface area (Å²) in [7, 11) is 0. The maximum absolute atomic E-state index is 12.1. The third kappa shape index (κ3) is 1.42. The van der Waals surface area contributed by atoms with Gasteiger partial charge in [-0.05, 0) is 19.4 Å². The van der Waals surface area contributed by atoms with Gasteiger partial charge in [0.2, 0.25) is 5.91 Å². The van der Waals surface area contributed by atoms with Crippen molar-refractivity contribution in [3.8, 4) is 0 Å². The Balaban J connectivity index is 1.82. The Bertz CT molecular complexity index is 644. The van der Waals surface area contributed by atoms with E-state index in [-0.39, 0.29) is 11.4 Å². The first kappa shape index (κ1) is 10.9. The van der Waals surface area contributed by atoms with E-state index in [9.17, 15) is 4.79 Å². The molecule has 1 unspecified atom stereocenters. The Labute approximate surface area is 109 Å². The van der Waals surface area contributed by atoms with Gasteiger partial charge in [-0.25, -0.2) is 15.0 Å². The minimum Gasteiger partial charge on any atom is -0.340 e. The highest BCUT2D eigenvalue weighted by atomic mass is 16.2. The van der Waals surface area contributed by atoms with E-state index < -0.39 is 0 Å². The fraction of sp³-hybridized carbons (Fsp3) is 0.500. The number of carbonyl (C=O) groups is 1. The number of piperidine rings is 1. The third-order valence-corrected chi connectivity index (χ3v) is 4.07. The molecular weight excluding hydrogens is 244 g/mol. The fourth-order valence-corrected chi connectivity index (χ4v) is 3.17. The van der Waals surface area contributed by atoms with Gasteiger partial charge in [-0.2, -0.15) is 0 Å². The molecule has 2 N–H and O–H groups in total. The number of imidazole rings is 1. The van der Waals surface area contributed by atoms with E-state index in [0.717, 1.165) is 31.4 Å². The highest BCUT2D eigenvalue weighted by Crippen LogP contribution is 2.41. The molecule has 7 nitrogen and oxygen atoms in total. The summed E-state index contributed by atoms with van der Waals surface area (Å²) in [5.41, 5.74) is 1.23. The first-order valence-corrected chi connectivity index (χ1v) is 6.48. The standard InChI is InChI=1S/C12H14N6O/c19-8-4-12(2-1-3-13-5-12)18(8)11-9-10(15-6-14-9)16-7-17-11/h6-7,13H,1-5H2,(H,14,15,16,17). The molecule has 2 aromatic rings. The van der Waals surface area contributed by atoms with Crippen LogP contribution >= 0.6 is 0 Å². The van der Waals surface area contributed by atoms with Gasteiger partial charge in [0.25, 0.3) is 0 Å². The minimum atomic E-state index is -0.109. The van der Waals surface area contributed by atoms with Crippen LogP contribution in [0.1, 0.15) is 19.3 Å². The van der Waals surface area contributed by atoms with Gasteiger partial charge in [-0.3, -0.25) is 9.69 Å². The highest BCUT2D eigenvalue weighted by Gasteiger charge is 2.53. The second-order valence-electron chi connectivity index (χ2n) is 5.21. The van der Waals surface area contributed by atoms with Crippen molar-refractivity contribution < 1.29 is 4.79 Å². The Morgan fingerprint density at radius 2 is 2.26 bits per heavy atom. The van der Waals surface area contributed by atoms with Crippen molar-refractivity contribution >= 4 is 22.9 Å². The first-order valence-electron chi connectivity index (χ1n) is 6.48. The summed E-state index contributed by atoms with van der Waals surface area (Å²) < 4.78 is 0. The summed E-state index contributed by atoms with van der Waals surface area (Å²) in [5.74, 6) is 0.778. The second kappa shape index (κ2) is 3.74. The number of fused-ring (bicyclic) bond motifs is 1. The van der Waals surface area contributed by atoms with Crippen LogP contribution < -0.4 is 10.2 Å². The van der Waals surface area contributed by atoms with Crippen LogP contribution in [0.4, 0.5) is 5.82 Å². The highest BCUT2D eigenvalue weighted by molar-refractivity contribution is 6.06. The molecular formula is C12H14N6O. The molecule has 1 atom stereocenters. The number of amides is 1. The molecule has 2 fully saturated rings. The Morgan fingerprint density at radius 1 is 1.32 bits per heavy atom. The summed E-state index contributed by atoms with van der Waals surface area (Å²) in [6, 6.07) is 0. The Morgan fingerprint density at radius 3 is 3.05 bits per heavy atom. The molecule has 2 saturated heterocycles. The van der Waals surface area contributed by atoms with Gasteiger partial charge in [-0.1, -0.05) is 0 Å². The lowest BCUT2D eigenvalue weighted by molar-refractivity contribution is -0.128. The van der Waals surface area contributed by atoms with Crippen LogP contribution in [0, 0.1) is 0 Å². The number of aromatic nitrogens is 4. The molecule has 0 aromatic carbocycles. The van der Waals surface area contributed by atoms with E-state index in [2.05, 4.69) is 25.3 Å². The third-order valence-electron chi connectivity index (χ3n) is 4.07. The number of H-pyrrole nitrogens is 1. The Hall–Kier alpha value is -2.02. The van der Waals surface area contributed by atoms with Crippen LogP contribution in [0.5, 0.6) is 0 Å². The molecule has 4 rings (SSSR count). The van der Waals surface area contributed by atoms with Gasteiger partial charge >= 0.3 is 0 Å². The fourth-order valence-electron chi connectivity index (χ4n) is 3.17. The van der Waals surface area contributed by atoms with Crippen LogP contribution in [0.15, 0.2) is 12.7 Å². The normalized spacial score (nSPS) is 26.9. The molecule has 2 aliphatic rings. The molecule has 0 aliphatic carbocycles. The summed E-state index contributed by atoms with van der Waals surface area (Å²) >= 11 is 0. The minimum absolute atomic E-state index is 0.109. The van der Waals surface area contributed by atoms with Crippen LogP contribution in [0.2, 0.25) is 0 Å². The van der Waals surface area contributed by atoms with E-state index in [1.54, 1.807) is 6.33 Å². The number of nitrogens with one attached hydrogen (secondary N) is 2. The second-order valence-corrected chi connectivity index (χ2v) is 5.21. The lowest BCUT2D eigenvalue weighted by Gasteiger charge is -2.53. The van der Waals surface area contributed by atoms with E-state index in [1.165, 1.54) is 6.33 Å². The Kier molecular flexibility index (Phi) is 2.14. The van der Waals surface area contributed by atoms with Crippen LogP contribution in [-0.4, -0.2) is 44.5 Å². The lowest BCUT2D eigenvalue weighted by atomic mass is 9.77. The first-order chi connectivity index (χ1) is 9.30. The molecule has 98 valence electrons. The van der Waals surface area contributed by atoms with Crippen molar-refractivity contribution in [2.24, 2.45) is 0 Å². The maximum Gasteiger partial charge on any atom is 0.231 e. The zero-order valence-electron chi connectivity index (χ0n) is 10.4. The quantitative estimate of drug-likeness (QED) is 0.714. The van der Waals surface area contributed by atoms with Crippen LogP contribution in [-0.2, 0) is 4.79 Å². The maximum atomic E-state index is 12.1. The zero-order chi connectivity index (χ0) is 12.9. The predicted molar refractivity (Wildman–Crippen MR) is 68.6 cm³/mol. The number of hydrogen-bond donors (Lipinski definition) is 2. The molecule has 0 saturated carbocycles. The average Bonchev–Trinajstić information content (AvgIpc) is 2.89. The number of aromatic amines is 1. The number of nitrogens with zero attached hydrogens (tertiary/aromatic N) is 4. The van der Waals surface area contributed by atoms with Crippen LogP contribution in [0.25, 0.3) is 11.2 Å². The summed E-state index contributed by atoms with van der Waals surface area (Å²) in [6.07, 6.45) is 5.75. The van der Waals surface area contributed by atoms with Gasteiger partial charge in [0.05, 0.1) is 18.3 Å². The number of hydrogen-bond acceptors (Lipinski definition) is 5. The SMILES string of the molecule is O=C1CC2(CCCNC2)N1c1ncnc2nc[nH]c12. The van der Waals surface area contributed by atoms with Crippen molar-refractivity contribution in [1.82, 2.24) is 25.3 Å². The largest absolute Gasteiger partial charge is 0.340 e. The van der Waals surface area contributed by atoms with Crippen molar-refractivity contribution in [3.63, 3.8) is 0 Å². The molecule has 1 spiro atoms. The number of β-lactam (4-membered cyclic amide) rings is 1. The van der Waals surface area contributed by atoms with E-state index in [0.29, 0.717) is 17.9 Å². The molecule has 2 aromatic heterocycles. The number of carbonyl (C=O) groups excluding carboxylic acids is 1. The monoisotopic (exact) mass is 258 g/mol. The summed E-state index contributed by atoms with van der Waals surface area (Å²) in [6.45, 7) is 1.85. The molecule has 7 heteroatoms. The average molecular weight is 258 g/mol. The van der Waals surface area contributed by atoms with Crippen molar-refractivity contribution in [2.45, 2.75) is 24.8 Å². The van der Waals surface area contributed by atoms with Crippen molar-refractivity contribution in [1.29, 1.82) is 0 Å². The number of rotatable bonds is 1. The van der Waals surface area contributed by atoms with Crippen molar-refractivity contribution in [3.05, 3.63) is 12.7 Å². The zero-order valence-corrected chi connectivity index (χ0v) is 10.4. The van der Waals surface area contributed by atoms with E-state index in [4.69, 9.17) is 0 Å². The van der Waals surface area contributed by atoms with Gasteiger partial charge in [-0.15, -0.1) is 0 Å². The lowest BCUT2D eigenvalue weighted by Crippen LogP contribution is -2.70. The molecule has 19 heavy (non-hydrogen) atoms. The molecule has 0 radical (unpaired) electrons. The smallest absolute Gasteiger partial charge is 0.231 e. The molecule has 1 amide bonds. The van der Waals surface area contributed by atoms with Crippen molar-refractivity contribution in [2.75, 3.05) is 18.0 Å². The topological polar surface area (TPSA) is 86.8 Å². The number of anilines is 1. The molecule has 4 heterocycles. The van der Waals surface area contributed by atoms with Crippen LogP contribution in [0.3, 0.4) is 0 Å². The summed E-state index contributed by atoms with van der Waals surface area (Å²) in [4.78, 5) is 29.4. The molecule has 2 aliphatic heterocycles. The van der Waals surface area contributed by atoms with Gasteiger partial charge < -0.3 is 10.3 Å². The van der Waals surface area contributed by atoms with E-state index >= 15 is 0 Å². The predicted octanol–water partition coefficient (Wildman–Crippen LogP) is 0.212. The van der Waals surface area contributed by atoms with Gasteiger partial charge in [0.1, 0.15) is 11.8 Å². The van der Waals surface area contributed by atoms with Gasteiger partial charge in [0.15, 0.2) is 11.5 Å². The van der Waals surface area contributed by atoms with E-state index in [1.807, 2.05) is 4.90 Å². The summed E-state index contributed by atoms with van der Waals surface area (Å²) in [5, 5.41) is 3.38. The van der Waals surface area contributed by atoms with Gasteiger partial charge in [0, 0.05) is 6.54 Å².